The minimum atomic E-state index is -0.352. The Morgan fingerprint density at radius 1 is 1.37 bits per heavy atom. The molecule has 0 radical (unpaired) electrons. The number of aromatic nitrogens is 2. The molecule has 3 heterocycles. The molecule has 1 aliphatic rings. The average Bonchev–Trinajstić information content (AvgIpc) is 3.30. The molecule has 0 spiro atoms. The van der Waals surface area contributed by atoms with Gasteiger partial charge in [-0.15, -0.1) is 0 Å². The van der Waals surface area contributed by atoms with E-state index in [1.807, 2.05) is 13.8 Å². The maximum Gasteiger partial charge on any atom is 0.287 e. The molecule has 0 aliphatic carbocycles. The van der Waals surface area contributed by atoms with Crippen molar-refractivity contribution in [2.75, 3.05) is 6.54 Å². The molecule has 27 heavy (non-hydrogen) atoms. The molecule has 138 valence electrons. The summed E-state index contributed by atoms with van der Waals surface area (Å²) in [6.45, 7) is 3.95. The van der Waals surface area contributed by atoms with Crippen LogP contribution in [-0.4, -0.2) is 28.5 Å². The number of halogens is 1. The topological polar surface area (TPSA) is 77.2 Å². The van der Waals surface area contributed by atoms with Gasteiger partial charge < -0.3 is 14.5 Å². The number of nitrogens with one attached hydrogen (secondary N) is 1. The van der Waals surface area contributed by atoms with E-state index in [2.05, 4.69) is 15.3 Å². The molecule has 0 unspecified atom stereocenters. The van der Waals surface area contributed by atoms with E-state index in [1.54, 1.807) is 18.3 Å². The highest BCUT2D eigenvalue weighted by molar-refractivity contribution is 5.91. The van der Waals surface area contributed by atoms with Crippen molar-refractivity contribution < 1.29 is 18.3 Å². The first-order valence-electron chi connectivity index (χ1n) is 8.62. The van der Waals surface area contributed by atoms with Gasteiger partial charge in [0.2, 0.25) is 0 Å². The fourth-order valence-corrected chi connectivity index (χ4v) is 3.18. The van der Waals surface area contributed by atoms with Crippen LogP contribution in [0.5, 0.6) is 5.75 Å². The van der Waals surface area contributed by atoms with Gasteiger partial charge in [-0.25, -0.2) is 9.37 Å². The fourth-order valence-electron chi connectivity index (χ4n) is 3.18. The van der Waals surface area contributed by atoms with Crippen LogP contribution in [0.4, 0.5) is 4.39 Å². The second kappa shape index (κ2) is 6.83. The highest BCUT2D eigenvalue weighted by Gasteiger charge is 2.28. The van der Waals surface area contributed by atoms with Crippen LogP contribution >= 0.6 is 0 Å². The quantitative estimate of drug-likeness (QED) is 0.766. The van der Waals surface area contributed by atoms with E-state index in [0.717, 1.165) is 11.3 Å². The molecular formula is C20H18FN3O3. The lowest BCUT2D eigenvalue weighted by molar-refractivity contribution is 0.0906. The van der Waals surface area contributed by atoms with Crippen LogP contribution in [0.15, 0.2) is 41.1 Å². The van der Waals surface area contributed by atoms with Gasteiger partial charge in [0.25, 0.3) is 5.91 Å². The van der Waals surface area contributed by atoms with Crippen molar-refractivity contribution in [1.82, 2.24) is 15.3 Å². The van der Waals surface area contributed by atoms with E-state index in [-0.39, 0.29) is 30.1 Å². The minimum Gasteiger partial charge on any atom is -0.487 e. The zero-order valence-electron chi connectivity index (χ0n) is 15.0. The summed E-state index contributed by atoms with van der Waals surface area (Å²) in [4.78, 5) is 20.8. The van der Waals surface area contributed by atoms with Crippen LogP contribution in [-0.2, 0) is 6.42 Å². The van der Waals surface area contributed by atoms with Gasteiger partial charge in [-0.05, 0) is 38.1 Å². The maximum absolute atomic E-state index is 14.2. The molecule has 1 N–H and O–H groups in total. The molecule has 4 rings (SSSR count). The zero-order chi connectivity index (χ0) is 19.0. The molecule has 1 amide bonds. The first-order valence-corrected chi connectivity index (χ1v) is 8.62. The number of fused-ring (bicyclic) bond motifs is 1. The normalized spacial score (nSPS) is 15.3. The predicted octanol–water partition coefficient (Wildman–Crippen LogP) is 3.23. The first kappa shape index (κ1) is 17.2. The van der Waals surface area contributed by atoms with E-state index in [9.17, 15) is 9.18 Å². The van der Waals surface area contributed by atoms with Gasteiger partial charge in [-0.3, -0.25) is 9.78 Å². The molecule has 3 aromatic rings. The third kappa shape index (κ3) is 3.40. The van der Waals surface area contributed by atoms with Crippen LogP contribution in [0.1, 0.15) is 27.5 Å². The number of rotatable bonds is 4. The van der Waals surface area contributed by atoms with Crippen LogP contribution < -0.4 is 10.1 Å². The van der Waals surface area contributed by atoms with E-state index < -0.39 is 0 Å². The van der Waals surface area contributed by atoms with Crippen LogP contribution in [0.2, 0.25) is 0 Å². The van der Waals surface area contributed by atoms with Gasteiger partial charge in [-0.1, -0.05) is 0 Å². The predicted molar refractivity (Wildman–Crippen MR) is 96.1 cm³/mol. The van der Waals surface area contributed by atoms with Crippen LogP contribution in [0.25, 0.3) is 11.3 Å². The molecule has 6 nitrogen and oxygen atoms in total. The van der Waals surface area contributed by atoms with Gasteiger partial charge in [0, 0.05) is 23.7 Å². The van der Waals surface area contributed by atoms with Crippen molar-refractivity contribution in [2.45, 2.75) is 26.4 Å². The number of ether oxygens (including phenoxy) is 1. The summed E-state index contributed by atoms with van der Waals surface area (Å²) >= 11 is 0. The Morgan fingerprint density at radius 2 is 2.22 bits per heavy atom. The van der Waals surface area contributed by atoms with Crippen molar-refractivity contribution in [3.8, 4) is 17.0 Å². The summed E-state index contributed by atoms with van der Waals surface area (Å²) in [6.07, 6.45) is 3.32. The lowest BCUT2D eigenvalue weighted by atomic mass is 10.0. The number of carbonyl (C=O) groups excluding carboxylic acids is 1. The van der Waals surface area contributed by atoms with Gasteiger partial charge in [-0.2, -0.15) is 0 Å². The van der Waals surface area contributed by atoms with Crippen molar-refractivity contribution >= 4 is 5.91 Å². The number of hydrogen-bond acceptors (Lipinski definition) is 5. The van der Waals surface area contributed by atoms with E-state index in [1.165, 1.54) is 18.4 Å². The number of aryl methyl sites for hydroxylation is 2. The Bertz CT molecular complexity index is 1000. The summed E-state index contributed by atoms with van der Waals surface area (Å²) in [6, 6.07) is 6.12. The fraction of sp³-hybridized carbons (Fsp3) is 0.250. The third-order valence-electron chi connectivity index (χ3n) is 4.43. The number of benzene rings is 1. The Kier molecular flexibility index (Phi) is 4.35. The van der Waals surface area contributed by atoms with Crippen LogP contribution in [0.3, 0.4) is 0 Å². The van der Waals surface area contributed by atoms with Gasteiger partial charge in [0.05, 0.1) is 29.9 Å². The molecular weight excluding hydrogens is 349 g/mol. The summed E-state index contributed by atoms with van der Waals surface area (Å²) in [5, 5.41) is 2.78. The van der Waals surface area contributed by atoms with E-state index in [0.29, 0.717) is 29.1 Å². The maximum atomic E-state index is 14.2. The molecule has 0 saturated carbocycles. The SMILES string of the molecule is Cc1cnc(C)c(-c2cc(F)cc3c2O[C@@H](CNC(=O)c2ccco2)C3)n1. The Morgan fingerprint density at radius 3 is 3.00 bits per heavy atom. The highest BCUT2D eigenvalue weighted by atomic mass is 19.1. The molecule has 2 aromatic heterocycles. The molecule has 7 heteroatoms. The smallest absolute Gasteiger partial charge is 0.287 e. The van der Waals surface area contributed by atoms with Gasteiger partial charge >= 0.3 is 0 Å². The van der Waals surface area contributed by atoms with Crippen molar-refractivity contribution in [1.29, 1.82) is 0 Å². The number of nitrogens with zero attached hydrogens (tertiary/aromatic N) is 2. The Labute approximate surface area is 155 Å². The van der Waals surface area contributed by atoms with Gasteiger partial charge in [0.15, 0.2) is 5.76 Å². The first-order chi connectivity index (χ1) is 13.0. The molecule has 1 aromatic carbocycles. The molecule has 0 saturated heterocycles. The number of furan rings is 1. The third-order valence-corrected chi connectivity index (χ3v) is 4.43. The highest BCUT2D eigenvalue weighted by Crippen LogP contribution is 2.39. The molecule has 0 fully saturated rings. The van der Waals surface area contributed by atoms with Crippen LogP contribution in [0, 0.1) is 19.7 Å². The zero-order valence-corrected chi connectivity index (χ0v) is 15.0. The summed E-state index contributed by atoms with van der Waals surface area (Å²) < 4.78 is 25.3. The number of hydrogen-bond donors (Lipinski definition) is 1. The van der Waals surface area contributed by atoms with Gasteiger partial charge in [0.1, 0.15) is 17.7 Å². The summed E-state index contributed by atoms with van der Waals surface area (Å²) in [7, 11) is 0. The molecule has 1 aliphatic heterocycles. The second-order valence-electron chi connectivity index (χ2n) is 6.52. The van der Waals surface area contributed by atoms with Crippen molar-refractivity contribution in [3.63, 3.8) is 0 Å². The van der Waals surface area contributed by atoms with Crippen molar-refractivity contribution in [2.24, 2.45) is 0 Å². The molecule has 1 atom stereocenters. The lowest BCUT2D eigenvalue weighted by Crippen LogP contribution is -2.34. The Balaban J connectivity index is 1.57. The minimum absolute atomic E-state index is 0.239. The van der Waals surface area contributed by atoms with E-state index in [4.69, 9.17) is 9.15 Å². The van der Waals surface area contributed by atoms with E-state index >= 15 is 0 Å². The molecule has 0 bridgehead atoms. The number of amides is 1. The van der Waals surface area contributed by atoms with Crippen molar-refractivity contribution in [3.05, 3.63) is 65.3 Å². The number of carbonyl (C=O) groups is 1. The Hall–Kier alpha value is -3.22. The average molecular weight is 367 g/mol. The standard InChI is InChI=1S/C20H18FN3O3/c1-11-9-22-12(2)18(24-11)16-8-14(21)6-13-7-15(27-19(13)16)10-23-20(25)17-4-3-5-26-17/h3-6,8-9,15H,7,10H2,1-2H3,(H,23,25)/t15-/m1/s1. The summed E-state index contributed by atoms with van der Waals surface area (Å²) in [5.41, 5.74) is 3.38. The second-order valence-corrected chi connectivity index (χ2v) is 6.52. The lowest BCUT2D eigenvalue weighted by Gasteiger charge is -2.14. The largest absolute Gasteiger partial charge is 0.487 e. The summed E-state index contributed by atoms with van der Waals surface area (Å²) in [5.74, 6) is 0.168. The monoisotopic (exact) mass is 367 g/mol.